The largest absolute Gasteiger partial charge is 0.350 e. The number of benzene rings is 2. The molecule has 2 amide bonds. The molecule has 0 heterocycles. The smallest absolute Gasteiger partial charge is 0.273 e. The molecule has 31 heavy (non-hydrogen) atoms. The summed E-state index contributed by atoms with van der Waals surface area (Å²) in [6.45, 7) is 9.73. The number of hydrogen-bond acceptors (Lipinski definition) is 4. The molecule has 7 heteroatoms. The maximum atomic E-state index is 13.4. The molecule has 0 aliphatic rings. The molecule has 2 rings (SSSR count). The number of carbonyl (C=O) groups excluding carboxylic acids is 2. The fraction of sp³-hybridized carbons (Fsp3) is 0.417. The molecule has 166 valence electrons. The number of hydrogen-bond donors (Lipinski definition) is 1. The zero-order valence-electron chi connectivity index (χ0n) is 18.8. The lowest BCUT2D eigenvalue weighted by Crippen LogP contribution is -2.53. The molecule has 7 nitrogen and oxygen atoms in total. The zero-order chi connectivity index (χ0) is 23.2. The highest BCUT2D eigenvalue weighted by molar-refractivity contribution is 5.89. The first-order valence-electron chi connectivity index (χ1n) is 10.4. The molecule has 0 saturated carbocycles. The second kappa shape index (κ2) is 10.2. The van der Waals surface area contributed by atoms with Crippen molar-refractivity contribution < 1.29 is 14.5 Å². The third-order valence-electron chi connectivity index (χ3n) is 4.85. The van der Waals surface area contributed by atoms with E-state index in [9.17, 15) is 19.7 Å². The Morgan fingerprint density at radius 1 is 1.13 bits per heavy atom. The predicted molar refractivity (Wildman–Crippen MR) is 121 cm³/mol. The number of nitrogens with zero attached hydrogens (tertiary/aromatic N) is 2. The van der Waals surface area contributed by atoms with Crippen LogP contribution in [-0.2, 0) is 22.6 Å². The Labute approximate surface area is 183 Å². The minimum atomic E-state index is -0.685. The maximum absolute atomic E-state index is 13.4. The zero-order valence-corrected chi connectivity index (χ0v) is 18.8. The molecule has 1 atom stereocenters. The van der Waals surface area contributed by atoms with E-state index in [2.05, 4.69) is 5.32 Å². The Kier molecular flexibility index (Phi) is 7.91. The van der Waals surface area contributed by atoms with Gasteiger partial charge < -0.3 is 10.2 Å². The average Bonchev–Trinajstić information content (AvgIpc) is 2.66. The lowest BCUT2D eigenvalue weighted by Gasteiger charge is -2.33. The van der Waals surface area contributed by atoms with Crippen molar-refractivity contribution in [2.24, 2.45) is 0 Å². The summed E-state index contributed by atoms with van der Waals surface area (Å²) in [5, 5.41) is 14.3. The Balaban J connectivity index is 2.39. The molecule has 0 saturated heterocycles. The Bertz CT molecular complexity index is 950. The second-order valence-electron chi connectivity index (χ2n) is 8.74. The van der Waals surface area contributed by atoms with E-state index >= 15 is 0 Å². The summed E-state index contributed by atoms with van der Waals surface area (Å²) in [5.41, 5.74) is 1.74. The molecule has 0 spiro atoms. The molecule has 0 unspecified atom stereocenters. The molecule has 2 aromatic carbocycles. The van der Waals surface area contributed by atoms with E-state index in [1.165, 1.54) is 11.0 Å². The van der Waals surface area contributed by atoms with E-state index in [1.807, 2.05) is 58.9 Å². The SMILES string of the molecule is CC[C@H](C(=O)NC(C)(C)C)N(Cc1cccc(C)c1)C(=O)Cc1ccccc1[N+](=O)[O-]. The molecule has 0 bridgehead atoms. The first-order chi connectivity index (χ1) is 14.5. The van der Waals surface area contributed by atoms with Gasteiger partial charge in [-0.05, 0) is 39.7 Å². The van der Waals surface area contributed by atoms with Gasteiger partial charge in [0.2, 0.25) is 11.8 Å². The molecule has 0 aliphatic carbocycles. The molecule has 0 aromatic heterocycles. The number of nitro benzene ring substituents is 1. The normalized spacial score (nSPS) is 12.2. The van der Waals surface area contributed by atoms with E-state index in [0.29, 0.717) is 12.0 Å². The Morgan fingerprint density at radius 3 is 2.39 bits per heavy atom. The van der Waals surface area contributed by atoms with Crippen LogP contribution in [0.25, 0.3) is 0 Å². The van der Waals surface area contributed by atoms with Crippen molar-refractivity contribution in [1.29, 1.82) is 0 Å². The molecule has 1 N–H and O–H groups in total. The first-order valence-corrected chi connectivity index (χ1v) is 10.4. The van der Waals surface area contributed by atoms with Gasteiger partial charge in [-0.3, -0.25) is 19.7 Å². The van der Waals surface area contributed by atoms with Crippen molar-refractivity contribution in [3.8, 4) is 0 Å². The van der Waals surface area contributed by atoms with E-state index in [1.54, 1.807) is 18.2 Å². The van der Waals surface area contributed by atoms with E-state index in [4.69, 9.17) is 0 Å². The minimum Gasteiger partial charge on any atom is -0.350 e. The van der Waals surface area contributed by atoms with Crippen molar-refractivity contribution in [3.63, 3.8) is 0 Å². The fourth-order valence-electron chi connectivity index (χ4n) is 3.48. The van der Waals surface area contributed by atoms with Crippen molar-refractivity contribution in [2.75, 3.05) is 0 Å². The lowest BCUT2D eigenvalue weighted by atomic mass is 10.0. The van der Waals surface area contributed by atoms with Crippen molar-refractivity contribution >= 4 is 17.5 Å². The third kappa shape index (κ3) is 6.91. The van der Waals surface area contributed by atoms with Gasteiger partial charge in [0.05, 0.1) is 11.3 Å². The maximum Gasteiger partial charge on any atom is 0.273 e. The molecule has 0 radical (unpaired) electrons. The predicted octanol–water partition coefficient (Wildman–Crippen LogP) is 4.17. The van der Waals surface area contributed by atoms with Crippen LogP contribution in [0.3, 0.4) is 0 Å². The summed E-state index contributed by atoms with van der Waals surface area (Å²) < 4.78 is 0. The van der Waals surface area contributed by atoms with Crippen LogP contribution in [0, 0.1) is 17.0 Å². The van der Waals surface area contributed by atoms with Crippen LogP contribution in [0.5, 0.6) is 0 Å². The first kappa shape index (κ1) is 24.1. The lowest BCUT2D eigenvalue weighted by molar-refractivity contribution is -0.385. The molecule has 2 aromatic rings. The van der Waals surface area contributed by atoms with Gasteiger partial charge in [-0.25, -0.2) is 0 Å². The Morgan fingerprint density at radius 2 is 1.81 bits per heavy atom. The number of rotatable bonds is 8. The highest BCUT2D eigenvalue weighted by atomic mass is 16.6. The van der Waals surface area contributed by atoms with Crippen LogP contribution in [0.4, 0.5) is 5.69 Å². The standard InChI is InChI=1S/C24H31N3O4/c1-6-20(23(29)25-24(3,4)5)26(16-18-11-9-10-17(2)14-18)22(28)15-19-12-7-8-13-21(19)27(30)31/h7-14,20H,6,15-16H2,1-5H3,(H,25,29)/t20-/m1/s1. The molecular weight excluding hydrogens is 394 g/mol. The van der Waals surface area contributed by atoms with Gasteiger partial charge in [0.1, 0.15) is 6.04 Å². The van der Waals surface area contributed by atoms with Crippen LogP contribution >= 0.6 is 0 Å². The van der Waals surface area contributed by atoms with E-state index in [0.717, 1.165) is 11.1 Å². The molecule has 0 aliphatic heterocycles. The number of nitro groups is 1. The minimum absolute atomic E-state index is 0.0986. The van der Waals surface area contributed by atoms with E-state index < -0.39 is 16.5 Å². The molecule has 0 fully saturated rings. The van der Waals surface area contributed by atoms with Crippen LogP contribution < -0.4 is 5.32 Å². The topological polar surface area (TPSA) is 92.6 Å². The number of amides is 2. The van der Waals surface area contributed by atoms with Crippen LogP contribution in [-0.4, -0.2) is 33.2 Å². The summed E-state index contributed by atoms with van der Waals surface area (Å²) in [7, 11) is 0. The van der Waals surface area contributed by atoms with Crippen LogP contribution in [0.15, 0.2) is 48.5 Å². The number of carbonyl (C=O) groups is 2. The van der Waals surface area contributed by atoms with Crippen LogP contribution in [0.2, 0.25) is 0 Å². The van der Waals surface area contributed by atoms with Gasteiger partial charge in [0.15, 0.2) is 0 Å². The highest BCUT2D eigenvalue weighted by Crippen LogP contribution is 2.21. The van der Waals surface area contributed by atoms with Gasteiger partial charge >= 0.3 is 0 Å². The average molecular weight is 426 g/mol. The van der Waals surface area contributed by atoms with Crippen LogP contribution in [0.1, 0.15) is 50.8 Å². The summed E-state index contributed by atoms with van der Waals surface area (Å²) >= 11 is 0. The van der Waals surface area contributed by atoms with Gasteiger partial charge in [-0.15, -0.1) is 0 Å². The number of nitrogens with one attached hydrogen (secondary N) is 1. The molecular formula is C24H31N3O4. The van der Waals surface area contributed by atoms with Gasteiger partial charge in [-0.1, -0.05) is 55.0 Å². The van der Waals surface area contributed by atoms with Gasteiger partial charge in [0, 0.05) is 23.7 Å². The summed E-state index contributed by atoms with van der Waals surface area (Å²) in [5.74, 6) is -0.565. The summed E-state index contributed by atoms with van der Waals surface area (Å²) in [6, 6.07) is 13.3. The van der Waals surface area contributed by atoms with Crippen molar-refractivity contribution in [3.05, 3.63) is 75.3 Å². The van der Waals surface area contributed by atoms with Gasteiger partial charge in [-0.2, -0.15) is 0 Å². The highest BCUT2D eigenvalue weighted by Gasteiger charge is 2.31. The quantitative estimate of drug-likeness (QED) is 0.507. The third-order valence-corrected chi connectivity index (χ3v) is 4.85. The number of para-hydroxylation sites is 1. The van der Waals surface area contributed by atoms with Crippen molar-refractivity contribution in [1.82, 2.24) is 10.2 Å². The fourth-order valence-corrected chi connectivity index (χ4v) is 3.48. The second-order valence-corrected chi connectivity index (χ2v) is 8.74. The summed E-state index contributed by atoms with van der Waals surface area (Å²) in [6.07, 6.45) is 0.276. The Hall–Kier alpha value is -3.22. The van der Waals surface area contributed by atoms with Gasteiger partial charge in [0.25, 0.3) is 5.69 Å². The van der Waals surface area contributed by atoms with Crippen molar-refractivity contribution in [2.45, 2.75) is 65.6 Å². The monoisotopic (exact) mass is 425 g/mol. The van der Waals surface area contributed by atoms with E-state index in [-0.39, 0.29) is 30.5 Å². The summed E-state index contributed by atoms with van der Waals surface area (Å²) in [4.78, 5) is 38.8. The number of aryl methyl sites for hydroxylation is 1.